The Morgan fingerprint density at radius 2 is 2.04 bits per heavy atom. The number of aliphatic hydroxyl groups is 3. The summed E-state index contributed by atoms with van der Waals surface area (Å²) < 4.78 is 5.45. The van der Waals surface area contributed by atoms with Crippen LogP contribution in [0, 0.1) is 5.92 Å². The number of aliphatic hydroxyl groups excluding tert-OH is 2. The third-order valence-electron chi connectivity index (χ3n) is 5.66. The SMILES string of the molecule is CCCCCC=CCC(O)C(O)C=CC1CC1(O)C1CCCCCC(=O)O1. The zero-order valence-corrected chi connectivity index (χ0v) is 16.6. The second-order valence-electron chi connectivity index (χ2n) is 8.03. The van der Waals surface area contributed by atoms with Crippen LogP contribution in [0.1, 0.15) is 77.6 Å². The van der Waals surface area contributed by atoms with Crippen molar-refractivity contribution >= 4 is 5.97 Å². The molecular weight excluding hydrogens is 344 g/mol. The average Bonchev–Trinajstić information content (AvgIpc) is 3.30. The van der Waals surface area contributed by atoms with Crippen molar-refractivity contribution in [2.24, 2.45) is 5.92 Å². The maximum Gasteiger partial charge on any atom is 0.306 e. The first kappa shape index (κ1) is 22.1. The van der Waals surface area contributed by atoms with E-state index in [2.05, 4.69) is 13.0 Å². The minimum absolute atomic E-state index is 0.138. The molecule has 1 aliphatic heterocycles. The molecule has 2 fully saturated rings. The summed E-state index contributed by atoms with van der Waals surface area (Å²) in [4.78, 5) is 11.7. The van der Waals surface area contributed by atoms with E-state index in [4.69, 9.17) is 4.74 Å². The normalized spacial score (nSPS) is 31.5. The van der Waals surface area contributed by atoms with Crippen LogP contribution in [-0.4, -0.2) is 45.2 Å². The van der Waals surface area contributed by atoms with Gasteiger partial charge >= 0.3 is 5.97 Å². The predicted molar refractivity (Wildman–Crippen MR) is 105 cm³/mol. The average molecular weight is 381 g/mol. The summed E-state index contributed by atoms with van der Waals surface area (Å²) in [6.07, 6.45) is 14.4. The highest BCUT2D eigenvalue weighted by Gasteiger charge is 2.58. The number of carbonyl (C=O) groups is 1. The molecule has 0 amide bonds. The highest BCUT2D eigenvalue weighted by atomic mass is 16.6. The largest absolute Gasteiger partial charge is 0.459 e. The molecule has 5 atom stereocenters. The van der Waals surface area contributed by atoms with Crippen molar-refractivity contribution in [1.29, 1.82) is 0 Å². The monoisotopic (exact) mass is 380 g/mol. The summed E-state index contributed by atoms with van der Waals surface area (Å²) in [7, 11) is 0. The molecule has 0 bridgehead atoms. The van der Waals surface area contributed by atoms with Crippen molar-refractivity contribution in [2.75, 3.05) is 0 Å². The van der Waals surface area contributed by atoms with Crippen LogP contribution in [0.2, 0.25) is 0 Å². The van der Waals surface area contributed by atoms with E-state index in [1.54, 1.807) is 12.2 Å². The number of hydrogen-bond donors (Lipinski definition) is 3. The van der Waals surface area contributed by atoms with Gasteiger partial charge in [0.1, 0.15) is 11.7 Å². The minimum Gasteiger partial charge on any atom is -0.459 e. The molecule has 0 radical (unpaired) electrons. The molecule has 5 heteroatoms. The number of ether oxygens (including phenoxy) is 1. The van der Waals surface area contributed by atoms with Gasteiger partial charge < -0.3 is 20.1 Å². The number of hydrogen-bond acceptors (Lipinski definition) is 5. The topological polar surface area (TPSA) is 87.0 Å². The number of rotatable bonds is 10. The van der Waals surface area contributed by atoms with Crippen LogP contribution in [0.3, 0.4) is 0 Å². The van der Waals surface area contributed by atoms with Gasteiger partial charge in [-0.3, -0.25) is 4.79 Å². The fourth-order valence-electron chi connectivity index (χ4n) is 3.68. The lowest BCUT2D eigenvalue weighted by Crippen LogP contribution is -2.35. The zero-order valence-electron chi connectivity index (χ0n) is 16.6. The summed E-state index contributed by atoms with van der Waals surface area (Å²) in [6, 6.07) is 0. The van der Waals surface area contributed by atoms with Crippen LogP contribution in [0.4, 0.5) is 0 Å². The number of cyclic esters (lactones) is 1. The Balaban J connectivity index is 1.75. The van der Waals surface area contributed by atoms with E-state index in [1.807, 2.05) is 6.08 Å². The summed E-state index contributed by atoms with van der Waals surface area (Å²) in [6.45, 7) is 2.16. The first-order chi connectivity index (χ1) is 13.0. The zero-order chi connectivity index (χ0) is 19.7. The van der Waals surface area contributed by atoms with Gasteiger partial charge in [0.15, 0.2) is 0 Å². The lowest BCUT2D eigenvalue weighted by atomic mass is 9.99. The van der Waals surface area contributed by atoms with E-state index in [0.29, 0.717) is 25.7 Å². The summed E-state index contributed by atoms with van der Waals surface area (Å²) >= 11 is 0. The Kier molecular flexibility index (Phi) is 9.00. The van der Waals surface area contributed by atoms with E-state index in [0.717, 1.165) is 32.1 Å². The summed E-state index contributed by atoms with van der Waals surface area (Å²) in [5.74, 6) is -0.370. The molecule has 154 valence electrons. The van der Waals surface area contributed by atoms with Gasteiger partial charge in [-0.1, -0.05) is 50.5 Å². The first-order valence-electron chi connectivity index (χ1n) is 10.6. The van der Waals surface area contributed by atoms with Crippen molar-refractivity contribution in [3.63, 3.8) is 0 Å². The van der Waals surface area contributed by atoms with E-state index in [9.17, 15) is 20.1 Å². The van der Waals surface area contributed by atoms with Gasteiger partial charge in [0.25, 0.3) is 0 Å². The molecule has 1 saturated carbocycles. The second kappa shape index (κ2) is 11.0. The molecule has 27 heavy (non-hydrogen) atoms. The molecule has 1 aliphatic carbocycles. The third-order valence-corrected chi connectivity index (χ3v) is 5.66. The van der Waals surface area contributed by atoms with E-state index in [1.165, 1.54) is 12.8 Å². The Morgan fingerprint density at radius 1 is 1.22 bits per heavy atom. The van der Waals surface area contributed by atoms with E-state index in [-0.39, 0.29) is 11.9 Å². The molecule has 2 aliphatic rings. The number of esters is 1. The molecule has 3 N–H and O–H groups in total. The molecule has 2 rings (SSSR count). The number of carbonyl (C=O) groups excluding carboxylic acids is 1. The highest BCUT2D eigenvalue weighted by Crippen LogP contribution is 2.50. The van der Waals surface area contributed by atoms with Crippen molar-refractivity contribution in [2.45, 2.75) is 101 Å². The smallest absolute Gasteiger partial charge is 0.306 e. The van der Waals surface area contributed by atoms with Crippen LogP contribution >= 0.6 is 0 Å². The molecule has 5 unspecified atom stereocenters. The Labute approximate surface area is 163 Å². The summed E-state index contributed by atoms with van der Waals surface area (Å²) in [5, 5.41) is 30.9. The molecule has 0 aromatic carbocycles. The Hall–Kier alpha value is -1.17. The lowest BCUT2D eigenvalue weighted by Gasteiger charge is -2.25. The van der Waals surface area contributed by atoms with Crippen molar-refractivity contribution in [3.8, 4) is 0 Å². The maximum absolute atomic E-state index is 11.7. The van der Waals surface area contributed by atoms with Gasteiger partial charge in [0, 0.05) is 12.3 Å². The molecule has 5 nitrogen and oxygen atoms in total. The quantitative estimate of drug-likeness (QED) is 0.307. The standard InChI is InChI=1S/C22H36O5/c1-2-3-4-5-6-8-11-18(23)19(24)15-14-17-16-22(17,26)20-12-9-7-10-13-21(25)27-20/h6,8,14-15,17-20,23-24,26H,2-5,7,9-13,16H2,1H3. The fraction of sp³-hybridized carbons (Fsp3) is 0.773. The molecule has 1 heterocycles. The van der Waals surface area contributed by atoms with Gasteiger partial charge in [-0.15, -0.1) is 0 Å². The van der Waals surface area contributed by atoms with Crippen LogP contribution in [0.15, 0.2) is 24.3 Å². The van der Waals surface area contributed by atoms with Gasteiger partial charge in [0.05, 0.1) is 12.2 Å². The lowest BCUT2D eigenvalue weighted by molar-refractivity contribution is -0.159. The van der Waals surface area contributed by atoms with Gasteiger partial charge in [-0.2, -0.15) is 0 Å². The Bertz CT molecular complexity index is 515. The second-order valence-corrected chi connectivity index (χ2v) is 8.03. The molecule has 0 aromatic rings. The van der Waals surface area contributed by atoms with Crippen LogP contribution in [-0.2, 0) is 9.53 Å². The highest BCUT2D eigenvalue weighted by molar-refractivity contribution is 5.69. The molecule has 1 saturated heterocycles. The predicted octanol–water partition coefficient (Wildman–Crippen LogP) is 3.42. The van der Waals surface area contributed by atoms with E-state index >= 15 is 0 Å². The van der Waals surface area contributed by atoms with Gasteiger partial charge in [-0.25, -0.2) is 0 Å². The van der Waals surface area contributed by atoms with Crippen LogP contribution in [0.25, 0.3) is 0 Å². The summed E-state index contributed by atoms with van der Waals surface area (Å²) in [5.41, 5.74) is -1.02. The van der Waals surface area contributed by atoms with Gasteiger partial charge in [-0.05, 0) is 44.9 Å². The Morgan fingerprint density at radius 3 is 2.81 bits per heavy atom. The molecule has 0 aromatic heterocycles. The number of allylic oxidation sites excluding steroid dienone is 1. The van der Waals surface area contributed by atoms with Gasteiger partial charge in [0.2, 0.25) is 0 Å². The first-order valence-corrected chi connectivity index (χ1v) is 10.6. The van der Waals surface area contributed by atoms with E-state index < -0.39 is 23.9 Å². The number of unbranched alkanes of at least 4 members (excludes halogenated alkanes) is 3. The molecule has 0 spiro atoms. The van der Waals surface area contributed by atoms with Crippen molar-refractivity contribution in [1.82, 2.24) is 0 Å². The van der Waals surface area contributed by atoms with Crippen molar-refractivity contribution in [3.05, 3.63) is 24.3 Å². The van der Waals surface area contributed by atoms with Crippen LogP contribution < -0.4 is 0 Å². The molecular formula is C22H36O5. The minimum atomic E-state index is -1.02. The maximum atomic E-state index is 11.7. The van der Waals surface area contributed by atoms with Crippen LogP contribution in [0.5, 0.6) is 0 Å². The third kappa shape index (κ3) is 7.05. The fourth-order valence-corrected chi connectivity index (χ4v) is 3.68. The van der Waals surface area contributed by atoms with Crippen molar-refractivity contribution < 1.29 is 24.9 Å².